The highest BCUT2D eigenvalue weighted by Gasteiger charge is 2.30. The largest absolute Gasteiger partial charge is 0.273 e. The van der Waals surface area contributed by atoms with E-state index >= 15 is 0 Å². The number of pyridine rings is 1. The number of nitrogens with zero attached hydrogens (tertiary/aromatic N) is 5. The minimum absolute atomic E-state index is 0.109. The molecule has 0 fully saturated rings. The summed E-state index contributed by atoms with van der Waals surface area (Å²) in [6, 6.07) is 11.8. The highest BCUT2D eigenvalue weighted by Crippen LogP contribution is 2.43. The summed E-state index contributed by atoms with van der Waals surface area (Å²) in [5, 5.41) is 10.6. The second kappa shape index (κ2) is 6.90. The maximum absolute atomic E-state index is 6.14. The number of aryl methyl sites for hydroxylation is 1. The van der Waals surface area contributed by atoms with Crippen molar-refractivity contribution in [3.63, 3.8) is 0 Å². The molecule has 4 aromatic rings. The molecule has 0 saturated heterocycles. The Bertz CT molecular complexity index is 1240. The Labute approximate surface area is 177 Å². The maximum Gasteiger partial charge on any atom is 0.162 e. The molecule has 5 rings (SSSR count). The van der Waals surface area contributed by atoms with Crippen LogP contribution < -0.4 is 0 Å². The number of hydrogen-bond acceptors (Lipinski definition) is 5. The average molecular weight is 420 g/mol. The molecule has 0 aliphatic carbocycles. The number of halogens is 1. The van der Waals surface area contributed by atoms with E-state index in [0.717, 1.165) is 39.1 Å². The molecule has 7 heteroatoms. The summed E-state index contributed by atoms with van der Waals surface area (Å²) in [4.78, 5) is 10.6. The first-order valence-electron chi connectivity index (χ1n) is 9.34. The molecule has 0 bridgehead atoms. The lowest BCUT2D eigenvalue weighted by Gasteiger charge is -2.10. The van der Waals surface area contributed by atoms with Gasteiger partial charge in [-0.25, -0.2) is 0 Å². The summed E-state index contributed by atoms with van der Waals surface area (Å²) in [6.45, 7) is 6.20. The van der Waals surface area contributed by atoms with Crippen molar-refractivity contribution in [3.05, 3.63) is 82.2 Å². The Morgan fingerprint density at radius 3 is 2.55 bits per heavy atom. The molecule has 0 amide bonds. The maximum atomic E-state index is 6.14. The zero-order valence-electron chi connectivity index (χ0n) is 16.2. The average Bonchev–Trinajstić information content (AvgIpc) is 3.23. The van der Waals surface area contributed by atoms with Gasteiger partial charge in [0.1, 0.15) is 16.9 Å². The molecule has 144 valence electrons. The predicted octanol–water partition coefficient (Wildman–Crippen LogP) is 5.57. The van der Waals surface area contributed by atoms with Crippen LogP contribution in [0.2, 0.25) is 5.02 Å². The van der Waals surface area contributed by atoms with Gasteiger partial charge in [-0.1, -0.05) is 29.8 Å². The smallest absolute Gasteiger partial charge is 0.162 e. The third kappa shape index (κ3) is 2.91. The molecule has 0 unspecified atom stereocenters. The van der Waals surface area contributed by atoms with Gasteiger partial charge in [0.15, 0.2) is 5.82 Å². The third-order valence-electron chi connectivity index (χ3n) is 5.16. The van der Waals surface area contributed by atoms with Crippen LogP contribution in [0, 0.1) is 13.8 Å². The molecule has 5 nitrogen and oxygen atoms in total. The van der Waals surface area contributed by atoms with Crippen LogP contribution in [0.15, 0.2) is 53.8 Å². The minimum Gasteiger partial charge on any atom is -0.273 e. The van der Waals surface area contributed by atoms with Gasteiger partial charge in [0, 0.05) is 39.0 Å². The lowest BCUT2D eigenvalue weighted by atomic mass is 9.98. The first-order chi connectivity index (χ1) is 14.0. The van der Waals surface area contributed by atoms with Crippen LogP contribution in [0.4, 0.5) is 0 Å². The number of thiophene rings is 1. The molecular weight excluding hydrogens is 402 g/mol. The Kier molecular flexibility index (Phi) is 4.33. The number of benzene rings is 1. The van der Waals surface area contributed by atoms with Gasteiger partial charge in [0.25, 0.3) is 0 Å². The van der Waals surface area contributed by atoms with E-state index in [1.54, 1.807) is 17.5 Å². The van der Waals surface area contributed by atoms with Gasteiger partial charge in [0.05, 0.1) is 5.71 Å². The standard InChI is InChI=1S/C22H18ClN5S/c1-12-18-19(15-6-8-17(23)9-7-15)25-13(2)21-27-26-14(3)28(21)22(18)29-20(12)16-5-4-10-24-11-16/h4-11,13H,1-3H3/t13-/m0/s1. The second-order valence-corrected chi connectivity index (χ2v) is 8.51. The highest BCUT2D eigenvalue weighted by atomic mass is 35.5. The zero-order chi connectivity index (χ0) is 20.1. The number of hydrogen-bond donors (Lipinski definition) is 0. The normalized spacial score (nSPS) is 15.4. The molecule has 0 spiro atoms. The molecule has 0 radical (unpaired) electrons. The van der Waals surface area contributed by atoms with Crippen LogP contribution in [0.1, 0.15) is 41.3 Å². The molecule has 29 heavy (non-hydrogen) atoms. The zero-order valence-corrected chi connectivity index (χ0v) is 17.8. The van der Waals surface area contributed by atoms with Gasteiger partial charge in [-0.2, -0.15) is 0 Å². The summed E-state index contributed by atoms with van der Waals surface area (Å²) >= 11 is 7.87. The Morgan fingerprint density at radius 2 is 1.83 bits per heavy atom. The number of aromatic nitrogens is 4. The molecule has 0 saturated carbocycles. The topological polar surface area (TPSA) is 56.0 Å². The monoisotopic (exact) mass is 419 g/mol. The molecule has 1 aliphatic rings. The fourth-order valence-corrected chi connectivity index (χ4v) is 5.23. The van der Waals surface area contributed by atoms with Gasteiger partial charge < -0.3 is 0 Å². The number of aliphatic imine (C=N–C) groups is 1. The van der Waals surface area contributed by atoms with Gasteiger partial charge in [-0.3, -0.25) is 14.5 Å². The summed E-state index contributed by atoms with van der Waals surface area (Å²) in [5.74, 6) is 1.71. The van der Waals surface area contributed by atoms with E-state index < -0.39 is 0 Å². The molecule has 3 aromatic heterocycles. The van der Waals surface area contributed by atoms with Crippen molar-refractivity contribution in [2.45, 2.75) is 26.8 Å². The van der Waals surface area contributed by atoms with Crippen LogP contribution in [0.3, 0.4) is 0 Å². The molecule has 0 N–H and O–H groups in total. The van der Waals surface area contributed by atoms with Crippen molar-refractivity contribution in [2.75, 3.05) is 0 Å². The fourth-order valence-electron chi connectivity index (χ4n) is 3.75. The highest BCUT2D eigenvalue weighted by molar-refractivity contribution is 7.18. The van der Waals surface area contributed by atoms with Gasteiger partial charge in [0.2, 0.25) is 0 Å². The van der Waals surface area contributed by atoms with Crippen LogP contribution in [0.25, 0.3) is 15.4 Å². The van der Waals surface area contributed by atoms with Gasteiger partial charge in [-0.05, 0) is 44.5 Å². The SMILES string of the molecule is Cc1c(-c2cccnc2)sc2c1C(c1ccc(Cl)cc1)=N[C@@H](C)c1nnc(C)n1-2. The van der Waals surface area contributed by atoms with E-state index in [0.29, 0.717) is 5.02 Å². The lowest BCUT2D eigenvalue weighted by Crippen LogP contribution is -2.07. The van der Waals surface area contributed by atoms with Crippen molar-refractivity contribution in [1.82, 2.24) is 19.7 Å². The van der Waals surface area contributed by atoms with E-state index in [4.69, 9.17) is 16.6 Å². The Balaban J connectivity index is 1.83. The minimum atomic E-state index is -0.109. The van der Waals surface area contributed by atoms with Crippen LogP contribution in [-0.4, -0.2) is 25.5 Å². The Hall–Kier alpha value is -2.83. The van der Waals surface area contributed by atoms with E-state index in [1.807, 2.05) is 43.5 Å². The van der Waals surface area contributed by atoms with Crippen molar-refractivity contribution in [3.8, 4) is 15.4 Å². The van der Waals surface area contributed by atoms with E-state index in [1.165, 1.54) is 10.4 Å². The van der Waals surface area contributed by atoms with E-state index in [2.05, 4.69) is 39.7 Å². The van der Waals surface area contributed by atoms with Gasteiger partial charge >= 0.3 is 0 Å². The van der Waals surface area contributed by atoms with Crippen LogP contribution >= 0.6 is 22.9 Å². The first-order valence-corrected chi connectivity index (χ1v) is 10.5. The third-order valence-corrected chi connectivity index (χ3v) is 6.73. The van der Waals surface area contributed by atoms with Crippen molar-refractivity contribution in [1.29, 1.82) is 0 Å². The van der Waals surface area contributed by atoms with Crippen molar-refractivity contribution in [2.24, 2.45) is 4.99 Å². The van der Waals surface area contributed by atoms with Crippen molar-refractivity contribution < 1.29 is 0 Å². The number of rotatable bonds is 2. The predicted molar refractivity (Wildman–Crippen MR) is 117 cm³/mol. The second-order valence-electron chi connectivity index (χ2n) is 7.08. The molecule has 1 aliphatic heterocycles. The van der Waals surface area contributed by atoms with E-state index in [-0.39, 0.29) is 6.04 Å². The molecular formula is C22H18ClN5S. The summed E-state index contributed by atoms with van der Waals surface area (Å²) in [7, 11) is 0. The van der Waals surface area contributed by atoms with Crippen molar-refractivity contribution >= 4 is 28.6 Å². The quantitative estimate of drug-likeness (QED) is 0.426. The van der Waals surface area contributed by atoms with Crippen LogP contribution in [-0.2, 0) is 0 Å². The molecule has 4 heterocycles. The van der Waals surface area contributed by atoms with E-state index in [9.17, 15) is 0 Å². The molecule has 1 aromatic carbocycles. The summed E-state index contributed by atoms with van der Waals surface area (Å²) in [5.41, 5.74) is 5.39. The fraction of sp³-hybridized carbons (Fsp3) is 0.182. The Morgan fingerprint density at radius 1 is 1.03 bits per heavy atom. The first kappa shape index (κ1) is 18.2. The molecule has 1 atom stereocenters. The number of fused-ring (bicyclic) bond motifs is 3. The van der Waals surface area contributed by atoms with Crippen LogP contribution in [0.5, 0.6) is 0 Å². The summed E-state index contributed by atoms with van der Waals surface area (Å²) in [6.07, 6.45) is 3.70. The van der Waals surface area contributed by atoms with Gasteiger partial charge in [-0.15, -0.1) is 21.5 Å². The summed E-state index contributed by atoms with van der Waals surface area (Å²) < 4.78 is 2.14. The lowest BCUT2D eigenvalue weighted by molar-refractivity contribution is 0.724.